The summed E-state index contributed by atoms with van der Waals surface area (Å²) in [5.74, 6) is -2.50. The topological polar surface area (TPSA) is 58.4 Å². The predicted octanol–water partition coefficient (Wildman–Crippen LogP) is 2.45. The minimum Gasteiger partial charge on any atom is -0.481 e. The summed E-state index contributed by atoms with van der Waals surface area (Å²) >= 11 is 0. The number of hydrogen-bond donors (Lipinski definition) is 1. The number of nitrogens with zero attached hydrogens (tertiary/aromatic N) is 3. The van der Waals surface area contributed by atoms with E-state index in [0.29, 0.717) is 25.2 Å². The molecule has 0 spiro atoms. The van der Waals surface area contributed by atoms with Crippen molar-refractivity contribution < 1.29 is 18.7 Å². The first-order valence-electron chi connectivity index (χ1n) is 7.48. The van der Waals surface area contributed by atoms with Gasteiger partial charge in [-0.25, -0.2) is 13.5 Å². The van der Waals surface area contributed by atoms with Crippen LogP contribution in [-0.4, -0.2) is 38.8 Å². The summed E-state index contributed by atoms with van der Waals surface area (Å²) in [6.07, 6.45) is 3.01. The molecular weight excluding hydrogens is 304 g/mol. The van der Waals surface area contributed by atoms with Crippen LogP contribution in [0.15, 0.2) is 30.5 Å². The maximum atomic E-state index is 13.8. The Kier molecular flexibility index (Phi) is 4.38. The molecule has 1 fully saturated rings. The number of piperidine rings is 1. The van der Waals surface area contributed by atoms with Crippen LogP contribution in [0.3, 0.4) is 0 Å². The average Bonchev–Trinajstić information content (AvgIpc) is 2.95. The molecular formula is C16H17F2N3O2. The molecule has 0 aliphatic carbocycles. The van der Waals surface area contributed by atoms with Gasteiger partial charge in [0.05, 0.1) is 11.6 Å². The zero-order valence-electron chi connectivity index (χ0n) is 12.5. The van der Waals surface area contributed by atoms with Gasteiger partial charge in [0.2, 0.25) is 0 Å². The van der Waals surface area contributed by atoms with Gasteiger partial charge < -0.3 is 5.11 Å². The van der Waals surface area contributed by atoms with Gasteiger partial charge in [-0.1, -0.05) is 6.07 Å². The van der Waals surface area contributed by atoms with Crippen LogP contribution >= 0.6 is 0 Å². The molecule has 1 aliphatic heterocycles. The van der Waals surface area contributed by atoms with Crippen LogP contribution in [0.25, 0.3) is 5.69 Å². The van der Waals surface area contributed by atoms with Gasteiger partial charge in [0.25, 0.3) is 0 Å². The lowest BCUT2D eigenvalue weighted by Gasteiger charge is -2.29. The van der Waals surface area contributed by atoms with Crippen LogP contribution in [0.4, 0.5) is 8.78 Å². The van der Waals surface area contributed by atoms with Crippen LogP contribution in [0.2, 0.25) is 0 Å². The quantitative estimate of drug-likeness (QED) is 0.940. The summed E-state index contributed by atoms with van der Waals surface area (Å²) in [6, 6.07) is 5.36. The highest BCUT2D eigenvalue weighted by molar-refractivity contribution is 5.70. The standard InChI is InChI=1S/C16H17F2N3O2/c17-13-4-1-5-14(18)15(13)21-8-6-12(19-21)10-20-7-2-3-11(9-20)16(22)23/h1,4-6,8,11H,2-3,7,9-10H2,(H,22,23). The van der Waals surface area contributed by atoms with E-state index in [1.165, 1.54) is 29.1 Å². The highest BCUT2D eigenvalue weighted by Crippen LogP contribution is 2.20. The molecule has 3 rings (SSSR count). The maximum Gasteiger partial charge on any atom is 0.307 e. The van der Waals surface area contributed by atoms with E-state index in [1.54, 1.807) is 6.07 Å². The van der Waals surface area contributed by atoms with Crippen molar-refractivity contribution >= 4 is 5.97 Å². The number of likely N-dealkylation sites (tertiary alicyclic amines) is 1. The van der Waals surface area contributed by atoms with Crippen molar-refractivity contribution in [1.29, 1.82) is 0 Å². The zero-order valence-corrected chi connectivity index (χ0v) is 12.5. The Bertz CT molecular complexity index is 697. The number of carbonyl (C=O) groups is 1. The first kappa shape index (κ1) is 15.6. The second-order valence-corrected chi connectivity index (χ2v) is 5.73. The number of hydrogen-bond acceptors (Lipinski definition) is 3. The number of aliphatic carboxylic acids is 1. The predicted molar refractivity (Wildman–Crippen MR) is 79.1 cm³/mol. The molecule has 122 valence electrons. The number of halogens is 2. The smallest absolute Gasteiger partial charge is 0.307 e. The Morgan fingerprint density at radius 3 is 2.74 bits per heavy atom. The zero-order chi connectivity index (χ0) is 16.4. The molecule has 1 saturated heterocycles. The molecule has 23 heavy (non-hydrogen) atoms. The summed E-state index contributed by atoms with van der Waals surface area (Å²) < 4.78 is 28.7. The van der Waals surface area contributed by atoms with E-state index in [1.807, 2.05) is 4.90 Å². The fourth-order valence-electron chi connectivity index (χ4n) is 2.91. The molecule has 1 unspecified atom stereocenters. The van der Waals surface area contributed by atoms with E-state index in [-0.39, 0.29) is 11.6 Å². The van der Waals surface area contributed by atoms with Crippen molar-refractivity contribution in [1.82, 2.24) is 14.7 Å². The lowest BCUT2D eigenvalue weighted by molar-refractivity contribution is -0.143. The Labute approximate surface area is 132 Å². The van der Waals surface area contributed by atoms with Gasteiger partial charge in [-0.15, -0.1) is 0 Å². The summed E-state index contributed by atoms with van der Waals surface area (Å²) in [5, 5.41) is 13.3. The molecule has 0 saturated carbocycles. The number of para-hydroxylation sites is 1. The third-order valence-corrected chi connectivity index (χ3v) is 4.05. The number of benzene rings is 1. The van der Waals surface area contributed by atoms with Crippen molar-refractivity contribution in [2.45, 2.75) is 19.4 Å². The normalized spacial score (nSPS) is 19.0. The Hall–Kier alpha value is -2.28. The van der Waals surface area contributed by atoms with Gasteiger partial charge in [-0.05, 0) is 37.6 Å². The van der Waals surface area contributed by atoms with Gasteiger partial charge in [0.15, 0.2) is 11.6 Å². The van der Waals surface area contributed by atoms with Crippen molar-refractivity contribution in [3.63, 3.8) is 0 Å². The average molecular weight is 321 g/mol. The van der Waals surface area contributed by atoms with Gasteiger partial charge in [0, 0.05) is 19.3 Å². The van der Waals surface area contributed by atoms with E-state index in [4.69, 9.17) is 5.11 Å². The minimum atomic E-state index is -0.784. The molecule has 2 aromatic rings. The largest absolute Gasteiger partial charge is 0.481 e. The van der Waals surface area contributed by atoms with E-state index in [0.717, 1.165) is 13.0 Å². The minimum absolute atomic E-state index is 0.208. The first-order valence-corrected chi connectivity index (χ1v) is 7.48. The van der Waals surface area contributed by atoms with Gasteiger partial charge >= 0.3 is 5.97 Å². The number of carboxylic acids is 1. The third kappa shape index (κ3) is 3.39. The summed E-state index contributed by atoms with van der Waals surface area (Å²) in [5.41, 5.74) is 0.444. The summed E-state index contributed by atoms with van der Waals surface area (Å²) in [4.78, 5) is 13.1. The summed E-state index contributed by atoms with van der Waals surface area (Å²) in [6.45, 7) is 1.73. The monoisotopic (exact) mass is 321 g/mol. The van der Waals surface area contributed by atoms with Crippen molar-refractivity contribution in [3.8, 4) is 5.69 Å². The number of aromatic nitrogens is 2. The summed E-state index contributed by atoms with van der Waals surface area (Å²) in [7, 11) is 0. The second-order valence-electron chi connectivity index (χ2n) is 5.73. The molecule has 1 aromatic carbocycles. The van der Waals surface area contributed by atoms with E-state index >= 15 is 0 Å². The first-order chi connectivity index (χ1) is 11.0. The SMILES string of the molecule is O=C(O)C1CCCN(Cc2ccn(-c3c(F)cccc3F)n2)C1. The van der Waals surface area contributed by atoms with Crippen LogP contribution in [0, 0.1) is 17.6 Å². The molecule has 5 nitrogen and oxygen atoms in total. The number of carboxylic acid groups (broad SMARTS) is 1. The van der Waals surface area contributed by atoms with Gasteiger partial charge in [0.1, 0.15) is 5.69 Å². The third-order valence-electron chi connectivity index (χ3n) is 4.05. The highest BCUT2D eigenvalue weighted by Gasteiger charge is 2.25. The van der Waals surface area contributed by atoms with Gasteiger partial charge in [-0.3, -0.25) is 9.69 Å². The van der Waals surface area contributed by atoms with E-state index in [2.05, 4.69) is 5.10 Å². The van der Waals surface area contributed by atoms with Gasteiger partial charge in [-0.2, -0.15) is 5.10 Å². The molecule has 0 radical (unpaired) electrons. The molecule has 2 heterocycles. The van der Waals surface area contributed by atoms with Crippen molar-refractivity contribution in [2.24, 2.45) is 5.92 Å². The Morgan fingerprint density at radius 2 is 2.04 bits per heavy atom. The number of rotatable bonds is 4. The van der Waals surface area contributed by atoms with Crippen LogP contribution in [-0.2, 0) is 11.3 Å². The Morgan fingerprint density at radius 1 is 1.30 bits per heavy atom. The maximum absolute atomic E-state index is 13.8. The van der Waals surface area contributed by atoms with Crippen LogP contribution < -0.4 is 0 Å². The van der Waals surface area contributed by atoms with Crippen molar-refractivity contribution in [3.05, 3.63) is 47.8 Å². The van der Waals surface area contributed by atoms with E-state index in [9.17, 15) is 13.6 Å². The van der Waals surface area contributed by atoms with E-state index < -0.39 is 17.6 Å². The molecule has 1 N–H and O–H groups in total. The van der Waals surface area contributed by atoms with Crippen LogP contribution in [0.5, 0.6) is 0 Å². The fourth-order valence-corrected chi connectivity index (χ4v) is 2.91. The molecule has 0 bridgehead atoms. The lowest BCUT2D eigenvalue weighted by atomic mass is 9.98. The highest BCUT2D eigenvalue weighted by atomic mass is 19.1. The molecule has 1 aromatic heterocycles. The molecule has 1 atom stereocenters. The van der Waals surface area contributed by atoms with Crippen LogP contribution in [0.1, 0.15) is 18.5 Å². The van der Waals surface area contributed by atoms with Crippen molar-refractivity contribution in [2.75, 3.05) is 13.1 Å². The second kappa shape index (κ2) is 6.45. The molecule has 0 amide bonds. The lowest BCUT2D eigenvalue weighted by Crippen LogP contribution is -2.38. The fraction of sp³-hybridized carbons (Fsp3) is 0.375. The Balaban J connectivity index is 1.74. The molecule has 7 heteroatoms. The molecule has 1 aliphatic rings.